The van der Waals surface area contributed by atoms with Crippen molar-refractivity contribution in [1.29, 1.82) is 0 Å². The molecule has 19 heavy (non-hydrogen) atoms. The Kier molecular flexibility index (Phi) is 5.02. The van der Waals surface area contributed by atoms with Gasteiger partial charge in [-0.3, -0.25) is 0 Å². The summed E-state index contributed by atoms with van der Waals surface area (Å²) in [5.41, 5.74) is 7.60. The molecule has 0 unspecified atom stereocenters. The SMILES string of the molecule is Cc1cc(NCCOC2CCCCC2)c(N)cc1F. The van der Waals surface area contributed by atoms with Gasteiger partial charge >= 0.3 is 0 Å². The Morgan fingerprint density at radius 3 is 2.79 bits per heavy atom. The van der Waals surface area contributed by atoms with Crippen molar-refractivity contribution in [2.75, 3.05) is 24.2 Å². The van der Waals surface area contributed by atoms with Gasteiger partial charge in [0.1, 0.15) is 5.82 Å². The van der Waals surface area contributed by atoms with Crippen LogP contribution >= 0.6 is 0 Å². The molecule has 0 bridgehead atoms. The lowest BCUT2D eigenvalue weighted by Crippen LogP contribution is -2.20. The van der Waals surface area contributed by atoms with Gasteiger partial charge in [-0.05, 0) is 37.5 Å². The number of nitrogens with two attached hydrogens (primary N) is 1. The molecule has 4 heteroatoms. The summed E-state index contributed by atoms with van der Waals surface area (Å²) in [6, 6.07) is 3.10. The van der Waals surface area contributed by atoms with E-state index in [1.165, 1.54) is 38.2 Å². The second-order valence-corrected chi connectivity index (χ2v) is 5.25. The van der Waals surface area contributed by atoms with Crippen molar-refractivity contribution >= 4 is 11.4 Å². The first-order valence-corrected chi connectivity index (χ1v) is 7.08. The fraction of sp³-hybridized carbons (Fsp3) is 0.600. The molecule has 1 aliphatic rings. The van der Waals surface area contributed by atoms with Gasteiger partial charge in [-0.1, -0.05) is 19.3 Å². The highest BCUT2D eigenvalue weighted by Crippen LogP contribution is 2.23. The average molecular weight is 266 g/mol. The minimum atomic E-state index is -0.262. The monoisotopic (exact) mass is 266 g/mol. The van der Waals surface area contributed by atoms with E-state index < -0.39 is 0 Å². The minimum absolute atomic E-state index is 0.262. The van der Waals surface area contributed by atoms with Gasteiger partial charge in [0.15, 0.2) is 0 Å². The molecule has 0 radical (unpaired) electrons. The summed E-state index contributed by atoms with van der Waals surface area (Å²) in [6.45, 7) is 3.10. The number of nitrogen functional groups attached to an aromatic ring is 1. The summed E-state index contributed by atoms with van der Waals surface area (Å²) < 4.78 is 19.1. The Labute approximate surface area is 114 Å². The van der Waals surface area contributed by atoms with Crippen molar-refractivity contribution in [3.8, 4) is 0 Å². The first kappa shape index (κ1) is 14.1. The second kappa shape index (κ2) is 6.75. The van der Waals surface area contributed by atoms with E-state index in [0.717, 1.165) is 5.69 Å². The van der Waals surface area contributed by atoms with E-state index in [-0.39, 0.29) is 5.82 Å². The maximum atomic E-state index is 13.3. The normalized spacial score (nSPS) is 16.5. The van der Waals surface area contributed by atoms with Gasteiger partial charge in [0.05, 0.1) is 24.1 Å². The molecule has 3 N–H and O–H groups in total. The molecule has 1 saturated carbocycles. The Morgan fingerprint density at radius 1 is 1.32 bits per heavy atom. The van der Waals surface area contributed by atoms with E-state index in [0.29, 0.717) is 30.5 Å². The predicted molar refractivity (Wildman–Crippen MR) is 76.9 cm³/mol. The number of hydrogen-bond acceptors (Lipinski definition) is 3. The van der Waals surface area contributed by atoms with Crippen LogP contribution in [0.4, 0.5) is 15.8 Å². The topological polar surface area (TPSA) is 47.3 Å². The molecular weight excluding hydrogens is 243 g/mol. The zero-order chi connectivity index (χ0) is 13.7. The Morgan fingerprint density at radius 2 is 2.05 bits per heavy atom. The Bertz CT molecular complexity index is 417. The summed E-state index contributed by atoms with van der Waals surface area (Å²) in [6.07, 6.45) is 6.67. The van der Waals surface area contributed by atoms with Crippen molar-refractivity contribution in [2.24, 2.45) is 0 Å². The molecule has 0 spiro atoms. The molecule has 0 aliphatic heterocycles. The molecule has 0 heterocycles. The van der Waals surface area contributed by atoms with Crippen LogP contribution in [0.15, 0.2) is 12.1 Å². The highest BCUT2D eigenvalue weighted by Gasteiger charge is 2.13. The predicted octanol–water partition coefficient (Wildman–Crippen LogP) is 3.48. The Balaban J connectivity index is 1.74. The molecule has 1 fully saturated rings. The van der Waals surface area contributed by atoms with E-state index in [1.807, 2.05) is 0 Å². The second-order valence-electron chi connectivity index (χ2n) is 5.25. The molecule has 1 aliphatic carbocycles. The van der Waals surface area contributed by atoms with Gasteiger partial charge in [-0.15, -0.1) is 0 Å². The van der Waals surface area contributed by atoms with Crippen LogP contribution < -0.4 is 11.1 Å². The molecule has 0 saturated heterocycles. The van der Waals surface area contributed by atoms with Crippen molar-refractivity contribution in [2.45, 2.75) is 45.1 Å². The van der Waals surface area contributed by atoms with Crippen LogP contribution in [0.2, 0.25) is 0 Å². The summed E-state index contributed by atoms with van der Waals surface area (Å²) in [5.74, 6) is -0.262. The maximum Gasteiger partial charge on any atom is 0.128 e. The number of ether oxygens (including phenoxy) is 1. The highest BCUT2D eigenvalue weighted by molar-refractivity contribution is 5.67. The third kappa shape index (κ3) is 4.10. The van der Waals surface area contributed by atoms with Crippen LogP contribution in [0.5, 0.6) is 0 Å². The highest BCUT2D eigenvalue weighted by atomic mass is 19.1. The van der Waals surface area contributed by atoms with Crippen LogP contribution in [-0.4, -0.2) is 19.3 Å². The average Bonchev–Trinajstić information content (AvgIpc) is 2.41. The summed E-state index contributed by atoms with van der Waals surface area (Å²) in [4.78, 5) is 0. The van der Waals surface area contributed by atoms with E-state index in [4.69, 9.17) is 10.5 Å². The van der Waals surface area contributed by atoms with Gasteiger partial charge in [-0.25, -0.2) is 4.39 Å². The van der Waals surface area contributed by atoms with Gasteiger partial charge < -0.3 is 15.8 Å². The van der Waals surface area contributed by atoms with Crippen LogP contribution in [0, 0.1) is 12.7 Å². The third-order valence-electron chi connectivity index (χ3n) is 3.65. The van der Waals surface area contributed by atoms with Crippen molar-refractivity contribution in [1.82, 2.24) is 0 Å². The quantitative estimate of drug-likeness (QED) is 0.633. The summed E-state index contributed by atoms with van der Waals surface area (Å²) in [7, 11) is 0. The van der Waals surface area contributed by atoms with Gasteiger partial charge in [0.25, 0.3) is 0 Å². The zero-order valence-electron chi connectivity index (χ0n) is 11.5. The summed E-state index contributed by atoms with van der Waals surface area (Å²) >= 11 is 0. The van der Waals surface area contributed by atoms with Gasteiger partial charge in [-0.2, -0.15) is 0 Å². The largest absolute Gasteiger partial charge is 0.397 e. The Hall–Kier alpha value is -1.29. The maximum absolute atomic E-state index is 13.3. The molecule has 1 aromatic carbocycles. The molecular formula is C15H23FN2O. The van der Waals surface area contributed by atoms with Crippen molar-refractivity contribution in [3.05, 3.63) is 23.5 Å². The van der Waals surface area contributed by atoms with Gasteiger partial charge in [0.2, 0.25) is 0 Å². The lowest BCUT2D eigenvalue weighted by Gasteiger charge is -2.22. The van der Waals surface area contributed by atoms with Crippen LogP contribution in [-0.2, 0) is 4.74 Å². The van der Waals surface area contributed by atoms with Crippen LogP contribution in [0.25, 0.3) is 0 Å². The molecule has 3 nitrogen and oxygen atoms in total. The fourth-order valence-electron chi connectivity index (χ4n) is 2.49. The minimum Gasteiger partial charge on any atom is -0.397 e. The van der Waals surface area contributed by atoms with E-state index >= 15 is 0 Å². The fourth-order valence-corrected chi connectivity index (χ4v) is 2.49. The third-order valence-corrected chi connectivity index (χ3v) is 3.65. The standard InChI is InChI=1S/C15H23FN2O/c1-11-9-15(14(17)10-13(11)16)18-7-8-19-12-5-3-2-4-6-12/h9-10,12,18H,2-8,17H2,1H3. The lowest BCUT2D eigenvalue weighted by molar-refractivity contribution is 0.0347. The number of aryl methyl sites for hydroxylation is 1. The van der Waals surface area contributed by atoms with Crippen LogP contribution in [0.1, 0.15) is 37.7 Å². The molecule has 2 rings (SSSR count). The number of benzene rings is 1. The molecule has 106 valence electrons. The van der Waals surface area contributed by atoms with E-state index in [9.17, 15) is 4.39 Å². The first-order chi connectivity index (χ1) is 9.16. The van der Waals surface area contributed by atoms with Crippen molar-refractivity contribution in [3.63, 3.8) is 0 Å². The van der Waals surface area contributed by atoms with E-state index in [2.05, 4.69) is 5.32 Å². The first-order valence-electron chi connectivity index (χ1n) is 7.08. The number of rotatable bonds is 5. The van der Waals surface area contributed by atoms with Crippen LogP contribution in [0.3, 0.4) is 0 Å². The lowest BCUT2D eigenvalue weighted by atomic mass is 9.98. The smallest absolute Gasteiger partial charge is 0.128 e. The number of nitrogens with one attached hydrogen (secondary N) is 1. The number of hydrogen-bond donors (Lipinski definition) is 2. The van der Waals surface area contributed by atoms with Gasteiger partial charge in [0, 0.05) is 6.54 Å². The number of anilines is 2. The summed E-state index contributed by atoms with van der Waals surface area (Å²) in [5, 5.41) is 3.20. The molecule has 0 atom stereocenters. The molecule has 0 aromatic heterocycles. The zero-order valence-corrected chi connectivity index (χ0v) is 11.5. The number of halogens is 1. The molecule has 1 aromatic rings. The molecule has 0 amide bonds. The van der Waals surface area contributed by atoms with Crippen molar-refractivity contribution < 1.29 is 9.13 Å². The van der Waals surface area contributed by atoms with E-state index in [1.54, 1.807) is 13.0 Å².